The van der Waals surface area contributed by atoms with Gasteiger partial charge in [-0.3, -0.25) is 9.69 Å². The van der Waals surface area contributed by atoms with Gasteiger partial charge in [0.1, 0.15) is 30.7 Å². The number of methoxy groups -OCH3 is 1. The molecule has 0 spiro atoms. The summed E-state index contributed by atoms with van der Waals surface area (Å²) in [6.07, 6.45) is 7.42. The van der Waals surface area contributed by atoms with E-state index >= 15 is 0 Å². The highest BCUT2D eigenvalue weighted by atomic mass is 35.5. The second-order valence-electron chi connectivity index (χ2n) is 6.24. The Bertz CT molecular complexity index is 1030. The topological polar surface area (TPSA) is 78.7 Å². The van der Waals surface area contributed by atoms with Crippen molar-refractivity contribution in [1.82, 2.24) is 14.5 Å². The number of anilines is 1. The average molecular weight is 435 g/mol. The molecule has 1 amide bonds. The number of aryl methyl sites for hydroxylation is 1. The van der Waals surface area contributed by atoms with Crippen molar-refractivity contribution in [1.29, 1.82) is 0 Å². The van der Waals surface area contributed by atoms with E-state index in [1.165, 1.54) is 17.6 Å². The summed E-state index contributed by atoms with van der Waals surface area (Å²) in [5, 5.41) is 1.09. The summed E-state index contributed by atoms with van der Waals surface area (Å²) in [7, 11) is 1.58. The summed E-state index contributed by atoms with van der Waals surface area (Å²) in [6.45, 7) is 1.91. The van der Waals surface area contributed by atoms with E-state index < -0.39 is 0 Å². The lowest BCUT2D eigenvalue weighted by Gasteiger charge is -2.23. The van der Waals surface area contributed by atoms with Gasteiger partial charge >= 0.3 is 0 Å². The smallest absolute Gasteiger partial charge is 0.298 e. The van der Waals surface area contributed by atoms with Gasteiger partial charge < -0.3 is 18.8 Å². The van der Waals surface area contributed by atoms with Gasteiger partial charge in [0.2, 0.25) is 5.76 Å². The lowest BCUT2D eigenvalue weighted by atomic mass is 10.3. The van der Waals surface area contributed by atoms with Crippen LogP contribution in [0.4, 0.5) is 5.13 Å². The molecule has 0 unspecified atom stereocenters. The van der Waals surface area contributed by atoms with E-state index in [1.807, 2.05) is 10.8 Å². The number of imidazole rings is 1. The largest absolute Gasteiger partial charge is 0.494 e. The number of carbonyl (C=O) groups is 1. The van der Waals surface area contributed by atoms with Crippen molar-refractivity contribution in [3.05, 3.63) is 47.9 Å². The summed E-state index contributed by atoms with van der Waals surface area (Å²) in [5.41, 5.74) is 0.627. The lowest BCUT2D eigenvalue weighted by Crippen LogP contribution is -2.35. The number of ether oxygens (including phenoxy) is 3. The number of rotatable bonds is 7. The van der Waals surface area contributed by atoms with Gasteiger partial charge in [-0.1, -0.05) is 22.9 Å². The third kappa shape index (κ3) is 4.15. The summed E-state index contributed by atoms with van der Waals surface area (Å²) in [4.78, 5) is 23.4. The predicted molar refractivity (Wildman–Crippen MR) is 110 cm³/mol. The molecule has 0 saturated carbocycles. The normalized spacial score (nSPS) is 13.5. The van der Waals surface area contributed by atoms with Crippen LogP contribution in [-0.4, -0.2) is 47.3 Å². The van der Waals surface area contributed by atoms with Crippen LogP contribution in [0.25, 0.3) is 10.2 Å². The van der Waals surface area contributed by atoms with E-state index in [-0.39, 0.29) is 11.7 Å². The minimum absolute atomic E-state index is 0.163. The molecule has 0 bridgehead atoms. The van der Waals surface area contributed by atoms with E-state index in [0.29, 0.717) is 47.6 Å². The first kappa shape index (κ1) is 19.5. The van der Waals surface area contributed by atoms with E-state index in [4.69, 9.17) is 25.8 Å². The third-order valence-electron chi connectivity index (χ3n) is 4.36. The predicted octanol–water partition coefficient (Wildman–Crippen LogP) is 3.47. The van der Waals surface area contributed by atoms with Crippen molar-refractivity contribution in [2.45, 2.75) is 13.0 Å². The first-order chi connectivity index (χ1) is 14.2. The molecule has 4 rings (SSSR count). The highest BCUT2D eigenvalue weighted by molar-refractivity contribution is 7.23. The number of thiazole rings is 1. The quantitative estimate of drug-likeness (QED) is 0.566. The molecule has 0 radical (unpaired) electrons. The number of nitrogens with zero attached hydrogens (tertiary/aromatic N) is 4. The van der Waals surface area contributed by atoms with Gasteiger partial charge in [-0.2, -0.15) is 0 Å². The monoisotopic (exact) mass is 434 g/mol. The van der Waals surface area contributed by atoms with Crippen molar-refractivity contribution < 1.29 is 19.0 Å². The molecule has 10 heteroatoms. The zero-order valence-electron chi connectivity index (χ0n) is 15.7. The van der Waals surface area contributed by atoms with Gasteiger partial charge in [0.05, 0.1) is 23.2 Å². The number of amides is 1. The minimum atomic E-state index is -0.301. The van der Waals surface area contributed by atoms with Gasteiger partial charge in [-0.05, 0) is 18.6 Å². The maximum atomic E-state index is 13.1. The number of fused-ring (bicyclic) bond motifs is 1. The summed E-state index contributed by atoms with van der Waals surface area (Å²) in [6, 6.07) is 3.52. The highest BCUT2D eigenvalue weighted by Crippen LogP contribution is 2.39. The van der Waals surface area contributed by atoms with Crippen LogP contribution in [0, 0.1) is 0 Å². The molecule has 0 fully saturated rings. The van der Waals surface area contributed by atoms with Gasteiger partial charge in [0, 0.05) is 25.5 Å². The molecule has 0 saturated heterocycles. The number of benzene rings is 1. The van der Waals surface area contributed by atoms with Crippen LogP contribution in [0.2, 0.25) is 5.02 Å². The molecule has 0 N–H and O–H groups in total. The van der Waals surface area contributed by atoms with Crippen LogP contribution in [0.1, 0.15) is 6.42 Å². The van der Waals surface area contributed by atoms with Crippen LogP contribution in [-0.2, 0) is 20.8 Å². The fourth-order valence-corrected chi connectivity index (χ4v) is 4.23. The fraction of sp³-hybridized carbons (Fsp3) is 0.316. The molecule has 8 nitrogen and oxygen atoms in total. The SMILES string of the molecule is COc1ccc(Cl)c2sc(N(CCCn3ccnc3)C(=O)C3=COCCO3)nc12. The van der Waals surface area contributed by atoms with Crippen molar-refractivity contribution in [2.24, 2.45) is 0 Å². The molecule has 3 aromatic rings. The van der Waals surface area contributed by atoms with Crippen LogP contribution in [0.3, 0.4) is 0 Å². The third-order valence-corrected chi connectivity index (χ3v) is 5.90. The summed E-state index contributed by atoms with van der Waals surface area (Å²) >= 11 is 7.69. The number of carbonyl (C=O) groups excluding carboxylic acids is 1. The van der Waals surface area contributed by atoms with Crippen molar-refractivity contribution in [3.63, 3.8) is 0 Å². The van der Waals surface area contributed by atoms with E-state index in [9.17, 15) is 4.79 Å². The maximum Gasteiger partial charge on any atom is 0.298 e. The highest BCUT2D eigenvalue weighted by Gasteiger charge is 2.27. The molecule has 0 atom stereocenters. The van der Waals surface area contributed by atoms with Crippen LogP contribution >= 0.6 is 22.9 Å². The Balaban J connectivity index is 1.65. The number of aromatic nitrogens is 3. The van der Waals surface area contributed by atoms with Gasteiger partial charge in [0.15, 0.2) is 5.13 Å². The van der Waals surface area contributed by atoms with Crippen molar-refractivity contribution >= 4 is 44.2 Å². The molecule has 29 heavy (non-hydrogen) atoms. The molecular weight excluding hydrogens is 416 g/mol. The minimum Gasteiger partial charge on any atom is -0.494 e. The summed E-state index contributed by atoms with van der Waals surface area (Å²) in [5.74, 6) is 0.467. The second-order valence-corrected chi connectivity index (χ2v) is 7.62. The standard InChI is InChI=1S/C19H19ClN4O4S/c1-26-14-4-3-13(20)17-16(14)22-19(29-17)24(7-2-6-23-8-5-21-12-23)18(25)15-11-27-9-10-28-15/h3-5,8,11-12H,2,6-7,9-10H2,1H3. The van der Waals surface area contributed by atoms with Crippen molar-refractivity contribution in [3.8, 4) is 5.75 Å². The second kappa shape index (κ2) is 8.71. The Morgan fingerprint density at radius 3 is 3.03 bits per heavy atom. The number of halogens is 1. The van der Waals surface area contributed by atoms with E-state index in [0.717, 1.165) is 11.2 Å². The summed E-state index contributed by atoms with van der Waals surface area (Å²) < 4.78 is 18.9. The molecule has 3 heterocycles. The Morgan fingerprint density at radius 1 is 1.41 bits per heavy atom. The van der Waals surface area contributed by atoms with Gasteiger partial charge in [-0.25, -0.2) is 9.97 Å². The first-order valence-electron chi connectivity index (χ1n) is 9.02. The lowest BCUT2D eigenvalue weighted by molar-refractivity contribution is -0.119. The molecule has 1 aliphatic heterocycles. The van der Waals surface area contributed by atoms with Gasteiger partial charge in [-0.15, -0.1) is 0 Å². The van der Waals surface area contributed by atoms with E-state index in [1.54, 1.807) is 36.7 Å². The van der Waals surface area contributed by atoms with Crippen molar-refractivity contribution in [2.75, 3.05) is 31.8 Å². The zero-order valence-corrected chi connectivity index (χ0v) is 17.3. The first-order valence-corrected chi connectivity index (χ1v) is 10.2. The molecule has 0 aliphatic carbocycles. The molecule has 1 aromatic carbocycles. The molecule has 1 aliphatic rings. The van der Waals surface area contributed by atoms with Crippen LogP contribution in [0.5, 0.6) is 5.75 Å². The van der Waals surface area contributed by atoms with E-state index in [2.05, 4.69) is 9.97 Å². The zero-order chi connectivity index (χ0) is 20.2. The van der Waals surface area contributed by atoms with Crippen LogP contribution < -0.4 is 9.64 Å². The fourth-order valence-electron chi connectivity index (χ4n) is 2.95. The molecule has 152 valence electrons. The number of hydrogen-bond donors (Lipinski definition) is 0. The Morgan fingerprint density at radius 2 is 2.31 bits per heavy atom. The Hall–Kier alpha value is -2.78. The molecular formula is C19H19ClN4O4S. The Labute approximate surface area is 176 Å². The van der Waals surface area contributed by atoms with Gasteiger partial charge in [0.25, 0.3) is 5.91 Å². The maximum absolute atomic E-state index is 13.1. The molecule has 2 aromatic heterocycles. The average Bonchev–Trinajstić information content (AvgIpc) is 3.42. The Kier molecular flexibility index (Phi) is 5.86. The number of hydrogen-bond acceptors (Lipinski definition) is 7. The van der Waals surface area contributed by atoms with Crippen LogP contribution in [0.15, 0.2) is 42.9 Å².